The van der Waals surface area contributed by atoms with Crippen molar-refractivity contribution in [3.05, 3.63) is 29.8 Å². The van der Waals surface area contributed by atoms with Gasteiger partial charge in [-0.2, -0.15) is 0 Å². The minimum atomic E-state index is 0.368. The number of benzene rings is 1. The molecule has 6 nitrogen and oxygen atoms in total. The number of aryl methyl sites for hydroxylation is 1. The van der Waals surface area contributed by atoms with E-state index in [2.05, 4.69) is 14.8 Å². The third-order valence-electron chi connectivity index (χ3n) is 3.48. The molecule has 2 N–H and O–H groups in total. The highest BCUT2D eigenvalue weighted by Gasteiger charge is 2.16. The van der Waals surface area contributed by atoms with Gasteiger partial charge in [-0.3, -0.25) is 0 Å². The first-order valence-corrected chi connectivity index (χ1v) is 6.75. The highest BCUT2D eigenvalue weighted by Crippen LogP contribution is 2.29. The second-order valence-corrected chi connectivity index (χ2v) is 4.84. The first kappa shape index (κ1) is 12.8. The summed E-state index contributed by atoms with van der Waals surface area (Å²) in [5, 5.41) is 8.41. The van der Waals surface area contributed by atoms with Gasteiger partial charge >= 0.3 is 0 Å². The van der Waals surface area contributed by atoms with Gasteiger partial charge in [-0.15, -0.1) is 10.2 Å². The van der Waals surface area contributed by atoms with Crippen LogP contribution in [0.1, 0.15) is 24.5 Å². The number of nitrogen functional groups attached to an aromatic ring is 1. The summed E-state index contributed by atoms with van der Waals surface area (Å²) < 4.78 is 13.2. The van der Waals surface area contributed by atoms with Gasteiger partial charge in [0.15, 0.2) is 17.3 Å². The third kappa shape index (κ3) is 2.41. The van der Waals surface area contributed by atoms with Crippen molar-refractivity contribution in [2.75, 3.05) is 12.8 Å². The van der Waals surface area contributed by atoms with E-state index >= 15 is 0 Å². The molecule has 3 rings (SSSR count). The average Bonchev–Trinajstić information content (AvgIpc) is 2.88. The molecule has 2 aromatic rings. The Labute approximate surface area is 117 Å². The van der Waals surface area contributed by atoms with Gasteiger partial charge in [0.1, 0.15) is 12.4 Å². The van der Waals surface area contributed by atoms with Crippen LogP contribution in [0, 0.1) is 0 Å². The molecule has 0 spiro atoms. The Kier molecular flexibility index (Phi) is 3.45. The van der Waals surface area contributed by atoms with Crippen molar-refractivity contribution in [1.29, 1.82) is 0 Å². The fourth-order valence-corrected chi connectivity index (χ4v) is 2.42. The summed E-state index contributed by atoms with van der Waals surface area (Å²) in [6, 6.07) is 5.33. The van der Waals surface area contributed by atoms with Crippen LogP contribution in [0.2, 0.25) is 0 Å². The number of hydrogen-bond donors (Lipinski definition) is 1. The van der Waals surface area contributed by atoms with E-state index in [1.165, 1.54) is 12.8 Å². The molecule has 0 saturated carbocycles. The van der Waals surface area contributed by atoms with Crippen LogP contribution in [0.4, 0.5) is 5.69 Å². The van der Waals surface area contributed by atoms with Crippen LogP contribution in [-0.4, -0.2) is 21.9 Å². The fourth-order valence-electron chi connectivity index (χ4n) is 2.42. The van der Waals surface area contributed by atoms with E-state index in [0.29, 0.717) is 23.8 Å². The lowest BCUT2D eigenvalue weighted by molar-refractivity contribution is 0.269. The molecule has 6 heteroatoms. The number of nitrogens with zero attached hydrogens (tertiary/aromatic N) is 3. The smallest absolute Gasteiger partial charge is 0.171 e. The monoisotopic (exact) mass is 274 g/mol. The molecule has 0 fully saturated rings. The van der Waals surface area contributed by atoms with Crippen LogP contribution in [-0.2, 0) is 19.6 Å². The van der Waals surface area contributed by atoms with Crippen molar-refractivity contribution in [3.63, 3.8) is 0 Å². The summed E-state index contributed by atoms with van der Waals surface area (Å²) in [5.41, 5.74) is 6.42. The summed E-state index contributed by atoms with van der Waals surface area (Å²) in [6.07, 6.45) is 3.34. The summed E-state index contributed by atoms with van der Waals surface area (Å²) in [4.78, 5) is 0. The molecule has 0 radical (unpaired) electrons. The molecule has 0 atom stereocenters. The van der Waals surface area contributed by atoms with Crippen molar-refractivity contribution < 1.29 is 9.47 Å². The molecule has 0 saturated heterocycles. The number of hydrogen-bond acceptors (Lipinski definition) is 5. The molecule has 0 bridgehead atoms. The van der Waals surface area contributed by atoms with Gasteiger partial charge in [0.05, 0.1) is 7.11 Å². The second kappa shape index (κ2) is 5.40. The fraction of sp³-hybridized carbons (Fsp3) is 0.429. The Morgan fingerprint density at radius 2 is 2.15 bits per heavy atom. The quantitative estimate of drug-likeness (QED) is 0.860. The van der Waals surface area contributed by atoms with E-state index in [4.69, 9.17) is 15.2 Å². The van der Waals surface area contributed by atoms with Gasteiger partial charge in [-0.1, -0.05) is 0 Å². The van der Waals surface area contributed by atoms with E-state index in [9.17, 15) is 0 Å². The standard InChI is InChI=1S/C14H18N4O2/c1-19-11-6-5-10(15)8-12(11)20-9-14-17-16-13-4-2-3-7-18(13)14/h5-6,8H,2-4,7,9,15H2,1H3. The molecule has 1 aromatic heterocycles. The van der Waals surface area contributed by atoms with E-state index in [1.807, 2.05) is 0 Å². The summed E-state index contributed by atoms with van der Waals surface area (Å²) in [7, 11) is 1.61. The van der Waals surface area contributed by atoms with Crippen LogP contribution in [0.5, 0.6) is 11.5 Å². The largest absolute Gasteiger partial charge is 0.493 e. The van der Waals surface area contributed by atoms with Gasteiger partial charge in [0.2, 0.25) is 0 Å². The van der Waals surface area contributed by atoms with Crippen molar-refractivity contribution in [2.45, 2.75) is 32.4 Å². The summed E-state index contributed by atoms with van der Waals surface area (Å²) in [5.74, 6) is 3.19. The summed E-state index contributed by atoms with van der Waals surface area (Å²) in [6.45, 7) is 1.34. The Bertz CT molecular complexity index is 609. The van der Waals surface area contributed by atoms with Gasteiger partial charge in [0.25, 0.3) is 0 Å². The van der Waals surface area contributed by atoms with Crippen molar-refractivity contribution in [2.24, 2.45) is 0 Å². The predicted octanol–water partition coefficient (Wildman–Crippen LogP) is 1.78. The zero-order valence-corrected chi connectivity index (χ0v) is 11.5. The number of anilines is 1. The van der Waals surface area contributed by atoms with Crippen molar-refractivity contribution in [3.8, 4) is 11.5 Å². The molecule has 0 aliphatic carbocycles. The van der Waals surface area contributed by atoms with Crippen LogP contribution in [0.25, 0.3) is 0 Å². The summed E-state index contributed by atoms with van der Waals surface area (Å²) >= 11 is 0. The Balaban J connectivity index is 1.76. The SMILES string of the molecule is COc1ccc(N)cc1OCc1nnc2n1CCCC2. The Hall–Kier alpha value is -2.24. The van der Waals surface area contributed by atoms with Gasteiger partial charge in [-0.05, 0) is 25.0 Å². The maximum Gasteiger partial charge on any atom is 0.171 e. The molecule has 106 valence electrons. The molecule has 20 heavy (non-hydrogen) atoms. The first-order chi connectivity index (χ1) is 9.78. The normalized spacial score (nSPS) is 13.8. The van der Waals surface area contributed by atoms with E-state index in [1.54, 1.807) is 25.3 Å². The molecule has 1 aliphatic heterocycles. The lowest BCUT2D eigenvalue weighted by Gasteiger charge is -2.15. The number of ether oxygens (including phenoxy) is 2. The van der Waals surface area contributed by atoms with Gasteiger partial charge in [0, 0.05) is 24.7 Å². The van der Waals surface area contributed by atoms with Gasteiger partial charge in [-0.25, -0.2) is 0 Å². The molecular formula is C14H18N4O2. The Morgan fingerprint density at radius 3 is 3.00 bits per heavy atom. The topological polar surface area (TPSA) is 75.2 Å². The zero-order chi connectivity index (χ0) is 13.9. The lowest BCUT2D eigenvalue weighted by atomic mass is 10.2. The minimum Gasteiger partial charge on any atom is -0.493 e. The van der Waals surface area contributed by atoms with Crippen LogP contribution in [0.15, 0.2) is 18.2 Å². The highest BCUT2D eigenvalue weighted by molar-refractivity contribution is 5.51. The number of aromatic nitrogens is 3. The minimum absolute atomic E-state index is 0.368. The number of rotatable bonds is 4. The van der Waals surface area contributed by atoms with E-state index in [0.717, 1.165) is 24.6 Å². The van der Waals surface area contributed by atoms with Crippen LogP contribution < -0.4 is 15.2 Å². The van der Waals surface area contributed by atoms with Crippen molar-refractivity contribution in [1.82, 2.24) is 14.8 Å². The lowest BCUT2D eigenvalue weighted by Crippen LogP contribution is -2.14. The maximum absolute atomic E-state index is 5.79. The number of fused-ring (bicyclic) bond motifs is 1. The zero-order valence-electron chi connectivity index (χ0n) is 11.5. The molecular weight excluding hydrogens is 256 g/mol. The van der Waals surface area contributed by atoms with Crippen molar-refractivity contribution >= 4 is 5.69 Å². The first-order valence-electron chi connectivity index (χ1n) is 6.75. The molecule has 2 heterocycles. The van der Waals surface area contributed by atoms with E-state index < -0.39 is 0 Å². The molecule has 1 aromatic carbocycles. The predicted molar refractivity (Wildman–Crippen MR) is 74.7 cm³/mol. The molecule has 0 amide bonds. The number of methoxy groups -OCH3 is 1. The third-order valence-corrected chi connectivity index (χ3v) is 3.48. The Morgan fingerprint density at radius 1 is 1.25 bits per heavy atom. The van der Waals surface area contributed by atoms with Crippen LogP contribution >= 0.6 is 0 Å². The van der Waals surface area contributed by atoms with Gasteiger partial charge < -0.3 is 19.8 Å². The molecule has 0 unspecified atom stereocenters. The molecule has 1 aliphatic rings. The maximum atomic E-state index is 5.79. The average molecular weight is 274 g/mol. The second-order valence-electron chi connectivity index (χ2n) is 4.84. The van der Waals surface area contributed by atoms with E-state index in [-0.39, 0.29) is 0 Å². The van der Waals surface area contributed by atoms with Crippen LogP contribution in [0.3, 0.4) is 0 Å². The number of nitrogens with two attached hydrogens (primary N) is 1. The highest BCUT2D eigenvalue weighted by atomic mass is 16.5.